The number of rotatable bonds is 1. The number of ether oxygens (including phenoxy) is 1. The maximum atomic E-state index is 9.49. The molecule has 0 aromatic heterocycles. The van der Waals surface area contributed by atoms with Gasteiger partial charge in [0.2, 0.25) is 0 Å². The molecule has 13 heavy (non-hydrogen) atoms. The third-order valence-corrected chi connectivity index (χ3v) is 3.06. The van der Waals surface area contributed by atoms with Crippen molar-refractivity contribution in [3.8, 4) is 0 Å². The Morgan fingerprint density at radius 1 is 1.31 bits per heavy atom. The van der Waals surface area contributed by atoms with Crippen LogP contribution in [0.1, 0.15) is 32.1 Å². The topological polar surface area (TPSA) is 29.5 Å². The molecule has 0 saturated carbocycles. The van der Waals surface area contributed by atoms with E-state index in [9.17, 15) is 5.11 Å². The van der Waals surface area contributed by atoms with Crippen molar-refractivity contribution in [1.29, 1.82) is 0 Å². The van der Waals surface area contributed by atoms with E-state index in [4.69, 9.17) is 4.74 Å². The van der Waals surface area contributed by atoms with Gasteiger partial charge in [0.15, 0.2) is 0 Å². The summed E-state index contributed by atoms with van der Waals surface area (Å²) in [6.45, 7) is 1.80. The Bertz CT molecular complexity index is 192. The molecule has 1 fully saturated rings. The van der Waals surface area contributed by atoms with E-state index in [0.717, 1.165) is 26.1 Å². The summed E-state index contributed by atoms with van der Waals surface area (Å²) in [4.78, 5) is 0. The summed E-state index contributed by atoms with van der Waals surface area (Å²) < 4.78 is 5.45. The minimum Gasteiger partial charge on any atom is -0.389 e. The van der Waals surface area contributed by atoms with Crippen molar-refractivity contribution in [3.05, 3.63) is 11.6 Å². The van der Waals surface area contributed by atoms with Crippen molar-refractivity contribution in [2.75, 3.05) is 13.2 Å². The predicted molar refractivity (Wildman–Crippen MR) is 51.5 cm³/mol. The summed E-state index contributed by atoms with van der Waals surface area (Å²) in [5.41, 5.74) is 1.44. The average molecular weight is 182 g/mol. The highest BCUT2D eigenvalue weighted by atomic mass is 16.5. The number of hydrogen-bond donors (Lipinski definition) is 1. The average Bonchev–Trinajstić information content (AvgIpc) is 2.19. The molecule has 1 saturated heterocycles. The van der Waals surface area contributed by atoms with Gasteiger partial charge in [0.05, 0.1) is 12.7 Å². The Balaban J connectivity index is 1.97. The summed E-state index contributed by atoms with van der Waals surface area (Å²) in [6, 6.07) is 0. The zero-order valence-corrected chi connectivity index (χ0v) is 8.04. The lowest BCUT2D eigenvalue weighted by Crippen LogP contribution is -2.22. The third-order valence-electron chi connectivity index (χ3n) is 3.06. The molecule has 1 aliphatic carbocycles. The van der Waals surface area contributed by atoms with Crippen LogP contribution in [0.4, 0.5) is 0 Å². The minimum absolute atomic E-state index is 0.189. The van der Waals surface area contributed by atoms with Crippen molar-refractivity contribution in [1.82, 2.24) is 0 Å². The largest absolute Gasteiger partial charge is 0.389 e. The fraction of sp³-hybridized carbons (Fsp3) is 0.818. The zero-order chi connectivity index (χ0) is 9.10. The molecular formula is C11H18O2. The quantitative estimate of drug-likeness (QED) is 0.627. The Labute approximate surface area is 79.6 Å². The number of aliphatic hydroxyl groups is 1. The van der Waals surface area contributed by atoms with Gasteiger partial charge in [0.25, 0.3) is 0 Å². The third kappa shape index (κ3) is 2.32. The predicted octanol–water partition coefficient (Wildman–Crippen LogP) is 1.88. The van der Waals surface area contributed by atoms with Crippen molar-refractivity contribution >= 4 is 0 Å². The molecule has 2 unspecified atom stereocenters. The van der Waals surface area contributed by atoms with E-state index in [0.29, 0.717) is 5.92 Å². The van der Waals surface area contributed by atoms with E-state index < -0.39 is 0 Å². The van der Waals surface area contributed by atoms with Gasteiger partial charge in [-0.1, -0.05) is 11.6 Å². The summed E-state index contributed by atoms with van der Waals surface area (Å²) in [7, 11) is 0. The highest BCUT2D eigenvalue weighted by molar-refractivity contribution is 5.12. The lowest BCUT2D eigenvalue weighted by Gasteiger charge is -2.28. The van der Waals surface area contributed by atoms with Crippen LogP contribution < -0.4 is 0 Å². The first kappa shape index (κ1) is 9.22. The normalized spacial score (nSPS) is 35.6. The van der Waals surface area contributed by atoms with Crippen LogP contribution >= 0.6 is 0 Å². The second-order valence-electron chi connectivity index (χ2n) is 4.12. The molecular weight excluding hydrogens is 164 g/mol. The van der Waals surface area contributed by atoms with Gasteiger partial charge in [0, 0.05) is 12.5 Å². The lowest BCUT2D eigenvalue weighted by atomic mass is 9.85. The SMILES string of the molecule is OC1C=C(C2CCCOC2)CCC1. The van der Waals surface area contributed by atoms with Gasteiger partial charge in [-0.15, -0.1) is 0 Å². The monoisotopic (exact) mass is 182 g/mol. The van der Waals surface area contributed by atoms with Gasteiger partial charge in [-0.05, 0) is 32.1 Å². The van der Waals surface area contributed by atoms with E-state index in [2.05, 4.69) is 6.08 Å². The highest BCUT2D eigenvalue weighted by Crippen LogP contribution is 2.29. The van der Waals surface area contributed by atoms with E-state index in [1.165, 1.54) is 24.8 Å². The van der Waals surface area contributed by atoms with Crippen molar-refractivity contribution in [2.45, 2.75) is 38.2 Å². The molecule has 1 aliphatic heterocycles. The fourth-order valence-corrected chi connectivity index (χ4v) is 2.30. The zero-order valence-electron chi connectivity index (χ0n) is 8.04. The fourth-order valence-electron chi connectivity index (χ4n) is 2.30. The Morgan fingerprint density at radius 3 is 2.92 bits per heavy atom. The molecule has 74 valence electrons. The van der Waals surface area contributed by atoms with Crippen molar-refractivity contribution in [2.24, 2.45) is 5.92 Å². The molecule has 1 N–H and O–H groups in total. The first-order valence-corrected chi connectivity index (χ1v) is 5.32. The highest BCUT2D eigenvalue weighted by Gasteiger charge is 2.21. The van der Waals surface area contributed by atoms with Gasteiger partial charge in [-0.3, -0.25) is 0 Å². The summed E-state index contributed by atoms with van der Waals surface area (Å²) in [5.74, 6) is 0.601. The molecule has 0 radical (unpaired) electrons. The molecule has 2 aliphatic rings. The molecule has 0 bridgehead atoms. The summed E-state index contributed by atoms with van der Waals surface area (Å²) in [6.07, 6.45) is 7.55. The molecule has 2 nitrogen and oxygen atoms in total. The van der Waals surface area contributed by atoms with Crippen LogP contribution in [0.2, 0.25) is 0 Å². The lowest BCUT2D eigenvalue weighted by molar-refractivity contribution is 0.0642. The van der Waals surface area contributed by atoms with Gasteiger partial charge in [-0.25, -0.2) is 0 Å². The Kier molecular flexibility index (Phi) is 3.01. The standard InChI is InChI=1S/C11H18O2/c12-11-5-1-3-9(7-11)10-4-2-6-13-8-10/h7,10-12H,1-6,8H2. The van der Waals surface area contributed by atoms with Crippen LogP contribution in [0.15, 0.2) is 11.6 Å². The van der Waals surface area contributed by atoms with Crippen LogP contribution in [0.25, 0.3) is 0 Å². The molecule has 1 heterocycles. The van der Waals surface area contributed by atoms with E-state index >= 15 is 0 Å². The molecule has 0 spiro atoms. The van der Waals surface area contributed by atoms with Crippen LogP contribution in [0.3, 0.4) is 0 Å². The second kappa shape index (κ2) is 4.25. The first-order chi connectivity index (χ1) is 6.36. The van der Waals surface area contributed by atoms with Gasteiger partial charge >= 0.3 is 0 Å². The maximum absolute atomic E-state index is 9.49. The van der Waals surface area contributed by atoms with E-state index in [1.54, 1.807) is 0 Å². The van der Waals surface area contributed by atoms with Crippen LogP contribution in [0, 0.1) is 5.92 Å². The summed E-state index contributed by atoms with van der Waals surface area (Å²) >= 11 is 0. The van der Waals surface area contributed by atoms with Gasteiger partial charge in [0.1, 0.15) is 0 Å². The Morgan fingerprint density at radius 2 is 2.23 bits per heavy atom. The van der Waals surface area contributed by atoms with E-state index in [-0.39, 0.29) is 6.10 Å². The molecule has 0 aromatic carbocycles. The smallest absolute Gasteiger partial charge is 0.0723 e. The minimum atomic E-state index is -0.189. The molecule has 0 aromatic rings. The second-order valence-corrected chi connectivity index (χ2v) is 4.12. The van der Waals surface area contributed by atoms with Crippen LogP contribution in [-0.4, -0.2) is 24.4 Å². The van der Waals surface area contributed by atoms with Crippen LogP contribution in [-0.2, 0) is 4.74 Å². The molecule has 2 atom stereocenters. The molecule has 2 heteroatoms. The van der Waals surface area contributed by atoms with Gasteiger partial charge in [-0.2, -0.15) is 0 Å². The summed E-state index contributed by atoms with van der Waals surface area (Å²) in [5, 5.41) is 9.49. The van der Waals surface area contributed by atoms with E-state index in [1.807, 2.05) is 0 Å². The van der Waals surface area contributed by atoms with Gasteiger partial charge < -0.3 is 9.84 Å². The Hall–Kier alpha value is -0.340. The van der Waals surface area contributed by atoms with Crippen molar-refractivity contribution < 1.29 is 9.84 Å². The molecule has 2 rings (SSSR count). The maximum Gasteiger partial charge on any atom is 0.0723 e. The van der Waals surface area contributed by atoms with Crippen LogP contribution in [0.5, 0.6) is 0 Å². The molecule has 0 amide bonds. The van der Waals surface area contributed by atoms with Crippen molar-refractivity contribution in [3.63, 3.8) is 0 Å². The number of aliphatic hydroxyl groups excluding tert-OH is 1. The first-order valence-electron chi connectivity index (χ1n) is 5.32. The number of hydrogen-bond acceptors (Lipinski definition) is 2.